The average Bonchev–Trinajstić information content (AvgIpc) is 2.98. The van der Waals surface area contributed by atoms with Gasteiger partial charge in [0.2, 0.25) is 5.95 Å². The average molecular weight is 334 g/mol. The van der Waals surface area contributed by atoms with Crippen LogP contribution in [0.4, 0.5) is 5.95 Å². The molecule has 0 spiro atoms. The van der Waals surface area contributed by atoms with Crippen LogP contribution in [0.5, 0.6) is 0 Å². The molecule has 1 aliphatic heterocycles. The summed E-state index contributed by atoms with van der Waals surface area (Å²) in [5.41, 5.74) is 6.40. The summed E-state index contributed by atoms with van der Waals surface area (Å²) < 4.78 is 4.58. The lowest BCUT2D eigenvalue weighted by Crippen LogP contribution is -2.44. The summed E-state index contributed by atoms with van der Waals surface area (Å²) in [5, 5.41) is 0. The predicted octanol–water partition coefficient (Wildman–Crippen LogP) is 0.332. The number of nitrogens with zero attached hydrogens (tertiary/aromatic N) is 5. The van der Waals surface area contributed by atoms with E-state index in [2.05, 4.69) is 23.7 Å². The lowest BCUT2D eigenvalue weighted by molar-refractivity contribution is 0.477. The number of imidazole rings is 1. The molecule has 3 rings (SSSR count). The van der Waals surface area contributed by atoms with Gasteiger partial charge in [0.15, 0.2) is 11.2 Å². The summed E-state index contributed by atoms with van der Waals surface area (Å²) in [6.07, 6.45) is 2.87. The normalized spacial score (nSPS) is 19.9. The molecule has 2 N–H and O–H groups in total. The number of hydrogen-bond acceptors (Lipinski definition) is 5. The molecule has 2 atom stereocenters. The first-order valence-corrected chi connectivity index (χ1v) is 8.55. The maximum Gasteiger partial charge on any atom is 0.332 e. The molecule has 3 heterocycles. The van der Waals surface area contributed by atoms with Gasteiger partial charge in [0.05, 0.1) is 0 Å². The van der Waals surface area contributed by atoms with Crippen molar-refractivity contribution in [2.75, 3.05) is 18.0 Å². The Bertz CT molecular complexity index is 877. The Hall–Kier alpha value is -2.09. The molecule has 0 saturated carbocycles. The van der Waals surface area contributed by atoms with Gasteiger partial charge in [0, 0.05) is 39.3 Å². The number of fused-ring (bicyclic) bond motifs is 1. The fourth-order valence-corrected chi connectivity index (χ4v) is 3.42. The van der Waals surface area contributed by atoms with E-state index in [1.54, 1.807) is 7.05 Å². The number of piperidine rings is 1. The van der Waals surface area contributed by atoms with Crippen LogP contribution in [0.15, 0.2) is 9.59 Å². The molecule has 0 aliphatic carbocycles. The van der Waals surface area contributed by atoms with Gasteiger partial charge >= 0.3 is 5.69 Å². The minimum Gasteiger partial charge on any atom is -0.341 e. The SMILES string of the molecule is CCC(C)n1c(N2CCCC(N)C2)nc2c1c(=O)n(C)c(=O)n2C. The van der Waals surface area contributed by atoms with Crippen molar-refractivity contribution in [1.29, 1.82) is 0 Å². The number of anilines is 1. The number of aromatic nitrogens is 4. The van der Waals surface area contributed by atoms with E-state index in [9.17, 15) is 9.59 Å². The maximum absolute atomic E-state index is 12.7. The zero-order valence-electron chi connectivity index (χ0n) is 14.8. The monoisotopic (exact) mass is 334 g/mol. The van der Waals surface area contributed by atoms with Crippen molar-refractivity contribution in [3.05, 3.63) is 20.8 Å². The Morgan fingerprint density at radius 3 is 2.62 bits per heavy atom. The highest BCUT2D eigenvalue weighted by Gasteiger charge is 2.27. The minimum absolute atomic E-state index is 0.105. The molecule has 0 radical (unpaired) electrons. The number of hydrogen-bond donors (Lipinski definition) is 1. The molecule has 1 aliphatic rings. The molecule has 0 aromatic carbocycles. The first kappa shape index (κ1) is 16.8. The van der Waals surface area contributed by atoms with Gasteiger partial charge < -0.3 is 15.2 Å². The largest absolute Gasteiger partial charge is 0.341 e. The lowest BCUT2D eigenvalue weighted by Gasteiger charge is -2.32. The van der Waals surface area contributed by atoms with Crippen molar-refractivity contribution < 1.29 is 0 Å². The van der Waals surface area contributed by atoms with Crippen LogP contribution in [-0.4, -0.2) is 37.8 Å². The Labute approximate surface area is 140 Å². The Kier molecular flexibility index (Phi) is 4.25. The summed E-state index contributed by atoms with van der Waals surface area (Å²) in [5.74, 6) is 0.743. The van der Waals surface area contributed by atoms with Crippen LogP contribution in [0, 0.1) is 0 Å². The Morgan fingerprint density at radius 1 is 1.29 bits per heavy atom. The van der Waals surface area contributed by atoms with Crippen molar-refractivity contribution >= 4 is 17.1 Å². The highest BCUT2D eigenvalue weighted by atomic mass is 16.2. The number of rotatable bonds is 3. The zero-order valence-corrected chi connectivity index (χ0v) is 14.8. The van der Waals surface area contributed by atoms with Crippen molar-refractivity contribution in [2.45, 2.75) is 45.2 Å². The van der Waals surface area contributed by atoms with Crippen molar-refractivity contribution in [2.24, 2.45) is 19.8 Å². The van der Waals surface area contributed by atoms with Gasteiger partial charge in [-0.3, -0.25) is 13.9 Å². The molecule has 8 nitrogen and oxygen atoms in total. The van der Waals surface area contributed by atoms with Crippen molar-refractivity contribution in [3.63, 3.8) is 0 Å². The molecule has 24 heavy (non-hydrogen) atoms. The third-order valence-corrected chi connectivity index (χ3v) is 5.05. The third-order valence-electron chi connectivity index (χ3n) is 5.05. The van der Waals surface area contributed by atoms with Crippen LogP contribution in [0.3, 0.4) is 0 Å². The van der Waals surface area contributed by atoms with E-state index < -0.39 is 0 Å². The topological polar surface area (TPSA) is 91.1 Å². The molecule has 132 valence electrons. The van der Waals surface area contributed by atoms with E-state index >= 15 is 0 Å². The zero-order chi connectivity index (χ0) is 17.6. The fraction of sp³-hybridized carbons (Fsp3) is 0.688. The van der Waals surface area contributed by atoms with Crippen LogP contribution in [0.2, 0.25) is 0 Å². The van der Waals surface area contributed by atoms with Crippen LogP contribution in [-0.2, 0) is 14.1 Å². The van der Waals surface area contributed by atoms with E-state index in [4.69, 9.17) is 5.73 Å². The summed E-state index contributed by atoms with van der Waals surface area (Å²) in [4.78, 5) is 31.8. The molecule has 0 amide bonds. The van der Waals surface area contributed by atoms with Crippen molar-refractivity contribution in [3.8, 4) is 0 Å². The van der Waals surface area contributed by atoms with Gasteiger partial charge in [-0.25, -0.2) is 4.79 Å². The van der Waals surface area contributed by atoms with Gasteiger partial charge in [-0.2, -0.15) is 4.98 Å². The standard InChI is InChI=1S/C16H26N6O2/c1-5-10(2)22-12-13(19(3)16(24)20(4)14(12)23)18-15(22)21-8-6-7-11(17)9-21/h10-11H,5-9,17H2,1-4H3. The number of nitrogens with two attached hydrogens (primary N) is 1. The first-order chi connectivity index (χ1) is 11.4. The summed E-state index contributed by atoms with van der Waals surface area (Å²) in [7, 11) is 3.16. The van der Waals surface area contributed by atoms with Crippen molar-refractivity contribution in [1.82, 2.24) is 18.7 Å². The highest BCUT2D eigenvalue weighted by Crippen LogP contribution is 2.27. The van der Waals surface area contributed by atoms with Crippen LogP contribution < -0.4 is 21.9 Å². The van der Waals surface area contributed by atoms with E-state index in [0.717, 1.165) is 36.3 Å². The summed E-state index contributed by atoms with van der Waals surface area (Å²) in [6, 6.07) is 0.212. The van der Waals surface area contributed by atoms with E-state index in [1.165, 1.54) is 11.6 Å². The molecule has 1 saturated heterocycles. The second-order valence-electron chi connectivity index (χ2n) is 6.77. The highest BCUT2D eigenvalue weighted by molar-refractivity contribution is 5.75. The fourth-order valence-electron chi connectivity index (χ4n) is 3.42. The smallest absolute Gasteiger partial charge is 0.332 e. The predicted molar refractivity (Wildman–Crippen MR) is 94.6 cm³/mol. The van der Waals surface area contributed by atoms with Gasteiger partial charge in [-0.1, -0.05) is 6.92 Å². The molecular weight excluding hydrogens is 308 g/mol. The molecule has 2 aromatic heterocycles. The number of aryl methyl sites for hydroxylation is 1. The molecular formula is C16H26N6O2. The van der Waals surface area contributed by atoms with Crippen LogP contribution >= 0.6 is 0 Å². The van der Waals surface area contributed by atoms with Crippen LogP contribution in [0.1, 0.15) is 39.2 Å². The third kappa shape index (κ3) is 2.45. The maximum atomic E-state index is 12.7. The van der Waals surface area contributed by atoms with E-state index in [0.29, 0.717) is 17.7 Å². The Balaban J connectivity index is 2.33. The molecule has 8 heteroatoms. The second-order valence-corrected chi connectivity index (χ2v) is 6.77. The Morgan fingerprint density at radius 2 is 2.00 bits per heavy atom. The first-order valence-electron chi connectivity index (χ1n) is 8.55. The molecule has 0 bridgehead atoms. The quantitative estimate of drug-likeness (QED) is 0.873. The van der Waals surface area contributed by atoms with Gasteiger partial charge in [-0.05, 0) is 26.2 Å². The minimum atomic E-state index is -0.358. The molecule has 2 aromatic rings. The van der Waals surface area contributed by atoms with Gasteiger partial charge in [0.1, 0.15) is 0 Å². The second kappa shape index (κ2) is 6.08. The molecule has 1 fully saturated rings. The van der Waals surface area contributed by atoms with Crippen LogP contribution in [0.25, 0.3) is 11.2 Å². The van der Waals surface area contributed by atoms with Gasteiger partial charge in [0.25, 0.3) is 5.56 Å². The molecule has 2 unspecified atom stereocenters. The summed E-state index contributed by atoms with van der Waals surface area (Å²) >= 11 is 0. The summed E-state index contributed by atoms with van der Waals surface area (Å²) in [6.45, 7) is 5.73. The van der Waals surface area contributed by atoms with E-state index in [-0.39, 0.29) is 23.3 Å². The van der Waals surface area contributed by atoms with Gasteiger partial charge in [-0.15, -0.1) is 0 Å². The van der Waals surface area contributed by atoms with E-state index in [1.807, 2.05) is 4.57 Å². The lowest BCUT2D eigenvalue weighted by atomic mass is 10.1.